The number of aliphatic hydroxyl groups is 1. The molecule has 0 bridgehead atoms. The Bertz CT molecular complexity index is 2160. The standard InChI is InChI=1S/C45H71N15O11/c1-23(2)19-32(40(68)55-30(36(47)64)7-5-17-52-44(48)49)57-38(66)25(4)54-43(71)35(22-61)60-42(70)34(21-27-11-15-29(63)16-12-27)59-41(69)33(20-26-9-13-28(62)14-10-26)58-39(67)31(56-37(65)24(3)46)8-6-18-53-45(50)51/h9-16,23-25,30-35,61-63H,5-8,17-22,46H2,1-4H3,(H2,47,64)(H,54,71)(H,55,68)(H,56,65)(H,57,66)(H,58,67)(H,59,69)(H,60,70)(H4,48,49,52)(H4,50,51,53)/t24-,25-,30-,31-,32-,33-,34-,35-/m0/s1. The second kappa shape index (κ2) is 30.0. The number of hydrogen-bond acceptors (Lipinski definition) is 14. The molecule has 8 atom stereocenters. The number of nitrogens with two attached hydrogens (primary N) is 6. The smallest absolute Gasteiger partial charge is 0.245 e. The van der Waals surface area contributed by atoms with Crippen LogP contribution in [0.15, 0.2) is 58.5 Å². The molecule has 0 fully saturated rings. The quantitative estimate of drug-likeness (QED) is 0.0199. The highest BCUT2D eigenvalue weighted by molar-refractivity contribution is 5.98. The third-order valence-corrected chi connectivity index (χ3v) is 10.5. The van der Waals surface area contributed by atoms with Gasteiger partial charge >= 0.3 is 0 Å². The fraction of sp³-hybridized carbons (Fsp3) is 0.511. The molecule has 0 saturated carbocycles. The van der Waals surface area contributed by atoms with Crippen molar-refractivity contribution < 1.29 is 53.7 Å². The van der Waals surface area contributed by atoms with E-state index in [1.165, 1.54) is 62.4 Å². The molecule has 26 nitrogen and oxygen atoms in total. The number of nitrogens with zero attached hydrogens (tertiary/aromatic N) is 2. The Hall–Kier alpha value is -7.74. The Kier molecular flexibility index (Phi) is 25.1. The summed E-state index contributed by atoms with van der Waals surface area (Å²) in [5, 5.41) is 47.8. The Morgan fingerprint density at radius 1 is 0.493 bits per heavy atom. The molecular formula is C45H71N15O11. The van der Waals surface area contributed by atoms with E-state index in [2.05, 4.69) is 47.2 Å². The van der Waals surface area contributed by atoms with Crippen LogP contribution in [0.25, 0.3) is 0 Å². The molecule has 0 heterocycles. The minimum absolute atomic E-state index is 0.0142. The van der Waals surface area contributed by atoms with Crippen molar-refractivity contribution in [2.45, 2.75) is 121 Å². The first-order valence-electron chi connectivity index (χ1n) is 22.8. The molecule has 0 radical (unpaired) electrons. The van der Waals surface area contributed by atoms with Crippen LogP contribution in [-0.2, 0) is 51.2 Å². The van der Waals surface area contributed by atoms with Crippen molar-refractivity contribution in [3.05, 3.63) is 59.7 Å². The highest BCUT2D eigenvalue weighted by Crippen LogP contribution is 2.15. The van der Waals surface area contributed by atoms with Crippen LogP contribution in [0, 0.1) is 5.92 Å². The fourth-order valence-electron chi connectivity index (χ4n) is 6.68. The Morgan fingerprint density at radius 2 is 0.859 bits per heavy atom. The third-order valence-electron chi connectivity index (χ3n) is 10.5. The van der Waals surface area contributed by atoms with Gasteiger partial charge in [0.25, 0.3) is 0 Å². The van der Waals surface area contributed by atoms with E-state index in [-0.39, 0.29) is 81.0 Å². The van der Waals surface area contributed by atoms with Crippen molar-refractivity contribution in [1.29, 1.82) is 0 Å². The number of aromatic hydroxyl groups is 2. The van der Waals surface area contributed by atoms with Crippen molar-refractivity contribution in [2.24, 2.45) is 50.3 Å². The summed E-state index contributed by atoms with van der Waals surface area (Å²) in [6.45, 7) is 5.56. The number of nitrogens with one attached hydrogen (secondary N) is 7. The molecule has 2 aromatic rings. The normalized spacial score (nSPS) is 14.3. The van der Waals surface area contributed by atoms with Crippen molar-refractivity contribution in [3.8, 4) is 11.5 Å². The van der Waals surface area contributed by atoms with Crippen LogP contribution in [0.1, 0.15) is 70.9 Å². The maximum atomic E-state index is 14.3. The molecule has 8 amide bonds. The molecule has 71 heavy (non-hydrogen) atoms. The molecule has 0 aliphatic carbocycles. The third kappa shape index (κ3) is 22.5. The lowest BCUT2D eigenvalue weighted by atomic mass is 10.0. The van der Waals surface area contributed by atoms with Crippen LogP contribution in [0.2, 0.25) is 0 Å². The number of primary amides is 1. The first-order chi connectivity index (χ1) is 33.4. The van der Waals surface area contributed by atoms with Crippen LogP contribution in [0.5, 0.6) is 11.5 Å². The Balaban J connectivity index is 2.37. The first-order valence-corrected chi connectivity index (χ1v) is 22.8. The molecule has 0 unspecified atom stereocenters. The summed E-state index contributed by atoms with van der Waals surface area (Å²) in [5.74, 6) is -7.46. The van der Waals surface area contributed by atoms with Crippen molar-refractivity contribution in [2.75, 3.05) is 19.7 Å². The Morgan fingerprint density at radius 3 is 1.27 bits per heavy atom. The number of aliphatic hydroxyl groups excluding tert-OH is 1. The van der Waals surface area contributed by atoms with E-state index in [0.29, 0.717) is 17.5 Å². The minimum atomic E-state index is -1.71. The second-order valence-corrected chi connectivity index (χ2v) is 17.2. The highest BCUT2D eigenvalue weighted by atomic mass is 16.3. The van der Waals surface area contributed by atoms with E-state index in [0.717, 1.165) is 0 Å². The van der Waals surface area contributed by atoms with E-state index in [1.54, 1.807) is 13.8 Å². The molecule has 0 aliphatic rings. The number of carbonyl (C=O) groups excluding carboxylic acids is 8. The highest BCUT2D eigenvalue weighted by Gasteiger charge is 2.34. The van der Waals surface area contributed by atoms with Gasteiger partial charge in [0.05, 0.1) is 12.6 Å². The van der Waals surface area contributed by atoms with Gasteiger partial charge in [0.2, 0.25) is 47.3 Å². The Labute approximate surface area is 411 Å². The summed E-state index contributed by atoms with van der Waals surface area (Å²) in [6.07, 6.45) is 0.302. The lowest BCUT2D eigenvalue weighted by Gasteiger charge is -2.27. The van der Waals surface area contributed by atoms with Gasteiger partial charge in [-0.05, 0) is 87.3 Å². The molecule has 2 aromatic carbocycles. The average molecular weight is 998 g/mol. The fourth-order valence-corrected chi connectivity index (χ4v) is 6.68. The number of aliphatic imine (C=N–C) groups is 2. The molecule has 392 valence electrons. The molecule has 0 aromatic heterocycles. The van der Waals surface area contributed by atoms with Gasteiger partial charge in [-0.3, -0.25) is 48.3 Å². The van der Waals surface area contributed by atoms with Crippen LogP contribution < -0.4 is 71.6 Å². The number of benzene rings is 2. The summed E-state index contributed by atoms with van der Waals surface area (Å²) >= 11 is 0. The summed E-state index contributed by atoms with van der Waals surface area (Å²) in [6, 6.07) is 0.768. The van der Waals surface area contributed by atoms with E-state index in [4.69, 9.17) is 34.4 Å². The minimum Gasteiger partial charge on any atom is -0.508 e. The molecule has 2 rings (SSSR count). The lowest BCUT2D eigenvalue weighted by molar-refractivity contribution is -0.136. The number of hydrogen-bond donors (Lipinski definition) is 16. The number of guanidine groups is 2. The SMILES string of the molecule is CC(C)C[C@H](NC(=O)[C@H](C)NC(=O)[C@H](CO)NC(=O)[C@H](Cc1ccc(O)cc1)NC(=O)[C@H](Cc1ccc(O)cc1)NC(=O)[C@H](CCCN=C(N)N)NC(=O)[C@H](C)N)C(=O)N[C@@H](CCCN=C(N)N)C(N)=O. The number of carbonyl (C=O) groups is 8. The van der Waals surface area contributed by atoms with Gasteiger partial charge in [0.1, 0.15) is 53.8 Å². The monoisotopic (exact) mass is 998 g/mol. The van der Waals surface area contributed by atoms with E-state index < -0.39 is 102 Å². The number of phenolic OH excluding ortho intramolecular Hbond substituents is 2. The van der Waals surface area contributed by atoms with Gasteiger partial charge in [0, 0.05) is 25.9 Å². The average Bonchev–Trinajstić information content (AvgIpc) is 3.29. The summed E-state index contributed by atoms with van der Waals surface area (Å²) in [5.41, 5.74) is 33.7. The number of phenols is 2. The maximum absolute atomic E-state index is 14.3. The zero-order valence-electron chi connectivity index (χ0n) is 40.4. The summed E-state index contributed by atoms with van der Waals surface area (Å²) in [7, 11) is 0. The van der Waals surface area contributed by atoms with Gasteiger partial charge in [-0.25, -0.2) is 0 Å². The topological polar surface area (TPSA) is 462 Å². The molecule has 0 saturated heterocycles. The molecule has 22 N–H and O–H groups in total. The largest absolute Gasteiger partial charge is 0.508 e. The van der Waals surface area contributed by atoms with Crippen molar-refractivity contribution in [1.82, 2.24) is 37.2 Å². The van der Waals surface area contributed by atoms with Gasteiger partial charge in [-0.15, -0.1) is 0 Å². The van der Waals surface area contributed by atoms with Gasteiger partial charge in [-0.2, -0.15) is 0 Å². The molecular weight excluding hydrogens is 927 g/mol. The number of amides is 8. The predicted molar refractivity (Wildman–Crippen MR) is 262 cm³/mol. The number of rotatable bonds is 30. The van der Waals surface area contributed by atoms with Crippen LogP contribution in [0.4, 0.5) is 0 Å². The predicted octanol–water partition coefficient (Wildman–Crippen LogP) is -4.73. The van der Waals surface area contributed by atoms with Crippen LogP contribution in [-0.4, -0.2) is 143 Å². The summed E-state index contributed by atoms with van der Waals surface area (Å²) < 4.78 is 0. The molecule has 26 heteroatoms. The second-order valence-electron chi connectivity index (χ2n) is 17.2. The lowest BCUT2D eigenvalue weighted by Crippen LogP contribution is -2.61. The van der Waals surface area contributed by atoms with Crippen LogP contribution >= 0.6 is 0 Å². The summed E-state index contributed by atoms with van der Waals surface area (Å²) in [4.78, 5) is 115. The van der Waals surface area contributed by atoms with E-state index in [1.807, 2.05) is 0 Å². The van der Waals surface area contributed by atoms with Crippen LogP contribution in [0.3, 0.4) is 0 Å². The van der Waals surface area contributed by atoms with Crippen molar-refractivity contribution in [3.63, 3.8) is 0 Å². The van der Waals surface area contributed by atoms with Gasteiger partial charge in [-0.1, -0.05) is 38.1 Å². The van der Waals surface area contributed by atoms with Crippen molar-refractivity contribution >= 4 is 59.2 Å². The maximum Gasteiger partial charge on any atom is 0.245 e. The van der Waals surface area contributed by atoms with Gasteiger partial charge in [0.15, 0.2) is 11.9 Å². The van der Waals surface area contributed by atoms with E-state index in [9.17, 15) is 53.7 Å². The van der Waals surface area contributed by atoms with E-state index >= 15 is 0 Å². The zero-order chi connectivity index (χ0) is 53.4. The molecule has 0 spiro atoms. The van der Waals surface area contributed by atoms with Gasteiger partial charge < -0.3 is 86.9 Å². The molecule has 0 aliphatic heterocycles. The zero-order valence-corrected chi connectivity index (χ0v) is 40.4. The first kappa shape index (κ1) is 59.4.